The van der Waals surface area contributed by atoms with Crippen LogP contribution >= 0.6 is 34.8 Å². The van der Waals surface area contributed by atoms with E-state index in [0.717, 1.165) is 17.4 Å². The van der Waals surface area contributed by atoms with E-state index in [-0.39, 0.29) is 0 Å². The molecule has 0 aliphatic carbocycles. The highest BCUT2D eigenvalue weighted by Gasteiger charge is 2.16. The second-order valence-electron chi connectivity index (χ2n) is 3.83. The minimum Gasteiger partial charge on any atom is -0.302 e. The Kier molecular flexibility index (Phi) is 4.28. The van der Waals surface area contributed by atoms with Crippen LogP contribution in [-0.4, -0.2) is 6.29 Å². The first-order chi connectivity index (χ1) is 8.61. The van der Waals surface area contributed by atoms with Crippen molar-refractivity contribution in [2.75, 3.05) is 0 Å². The van der Waals surface area contributed by atoms with E-state index < -0.39 is 5.92 Å². The number of benzene rings is 2. The van der Waals surface area contributed by atoms with Gasteiger partial charge in [0.1, 0.15) is 6.29 Å². The van der Waals surface area contributed by atoms with Crippen molar-refractivity contribution in [3.63, 3.8) is 0 Å². The Bertz CT molecular complexity index is 564. The van der Waals surface area contributed by atoms with Gasteiger partial charge in [-0.2, -0.15) is 0 Å². The average molecular weight is 300 g/mol. The van der Waals surface area contributed by atoms with Crippen LogP contribution in [0.5, 0.6) is 0 Å². The summed E-state index contributed by atoms with van der Waals surface area (Å²) in [7, 11) is 0. The Morgan fingerprint density at radius 2 is 1.50 bits per heavy atom. The molecule has 1 atom stereocenters. The predicted octanol–water partition coefficient (Wildman–Crippen LogP) is 4.98. The molecule has 0 amide bonds. The summed E-state index contributed by atoms with van der Waals surface area (Å²) in [6.45, 7) is 0. The van der Waals surface area contributed by atoms with Crippen LogP contribution in [0.4, 0.5) is 0 Å². The third-order valence-electron chi connectivity index (χ3n) is 2.66. The highest BCUT2D eigenvalue weighted by Crippen LogP contribution is 2.31. The molecule has 18 heavy (non-hydrogen) atoms. The van der Waals surface area contributed by atoms with Crippen LogP contribution in [0.3, 0.4) is 0 Å². The summed E-state index contributed by atoms with van der Waals surface area (Å²) in [5.41, 5.74) is 1.58. The van der Waals surface area contributed by atoms with Gasteiger partial charge in [0.25, 0.3) is 0 Å². The fraction of sp³-hybridized carbons (Fsp3) is 0.0714. The van der Waals surface area contributed by atoms with Gasteiger partial charge in [-0.25, -0.2) is 0 Å². The number of hydrogen-bond donors (Lipinski definition) is 0. The Hall–Kier alpha value is -1.02. The lowest BCUT2D eigenvalue weighted by Gasteiger charge is -2.13. The Labute approximate surface area is 120 Å². The summed E-state index contributed by atoms with van der Waals surface area (Å²) in [6, 6.07) is 12.2. The molecule has 0 heterocycles. The molecule has 0 aromatic heterocycles. The number of carbonyl (C=O) groups excluding carboxylic acids is 1. The summed E-state index contributed by atoms with van der Waals surface area (Å²) in [4.78, 5) is 11.3. The lowest BCUT2D eigenvalue weighted by atomic mass is 9.93. The van der Waals surface area contributed by atoms with E-state index in [1.54, 1.807) is 30.3 Å². The van der Waals surface area contributed by atoms with Crippen LogP contribution in [0.25, 0.3) is 0 Å². The summed E-state index contributed by atoms with van der Waals surface area (Å²) in [5.74, 6) is -0.410. The topological polar surface area (TPSA) is 17.1 Å². The SMILES string of the molecule is O=CC(c1ccc(Cl)cc1)c1ccc(Cl)cc1Cl. The fourth-order valence-electron chi connectivity index (χ4n) is 1.76. The van der Waals surface area contributed by atoms with Crippen LogP contribution in [0.2, 0.25) is 15.1 Å². The van der Waals surface area contributed by atoms with Gasteiger partial charge in [-0.1, -0.05) is 53.0 Å². The standard InChI is InChI=1S/C14H9Cl3O/c15-10-3-1-9(2-4-10)13(8-18)12-6-5-11(16)7-14(12)17/h1-8,13H. The third-order valence-corrected chi connectivity index (χ3v) is 3.48. The van der Waals surface area contributed by atoms with Crippen LogP contribution in [-0.2, 0) is 4.79 Å². The average Bonchev–Trinajstić information content (AvgIpc) is 2.35. The largest absolute Gasteiger partial charge is 0.302 e. The molecule has 0 aliphatic rings. The normalized spacial score (nSPS) is 12.2. The molecule has 0 fully saturated rings. The van der Waals surface area contributed by atoms with Gasteiger partial charge in [-0.3, -0.25) is 0 Å². The van der Waals surface area contributed by atoms with Crippen molar-refractivity contribution in [2.45, 2.75) is 5.92 Å². The summed E-state index contributed by atoms with van der Waals surface area (Å²) < 4.78 is 0. The first-order valence-corrected chi connectivity index (χ1v) is 6.41. The Morgan fingerprint density at radius 3 is 2.06 bits per heavy atom. The zero-order chi connectivity index (χ0) is 13.1. The Morgan fingerprint density at radius 1 is 0.889 bits per heavy atom. The van der Waals surface area contributed by atoms with Gasteiger partial charge in [-0.15, -0.1) is 0 Å². The molecule has 1 nitrogen and oxygen atoms in total. The van der Waals surface area contributed by atoms with E-state index >= 15 is 0 Å². The van der Waals surface area contributed by atoms with Gasteiger partial charge in [0, 0.05) is 15.1 Å². The van der Waals surface area contributed by atoms with E-state index in [9.17, 15) is 4.79 Å². The molecule has 1 unspecified atom stereocenters. The molecule has 2 aromatic carbocycles. The van der Waals surface area contributed by atoms with E-state index in [2.05, 4.69) is 0 Å². The van der Waals surface area contributed by atoms with Gasteiger partial charge in [0.05, 0.1) is 5.92 Å². The zero-order valence-electron chi connectivity index (χ0n) is 9.24. The van der Waals surface area contributed by atoms with Crippen LogP contribution < -0.4 is 0 Å². The zero-order valence-corrected chi connectivity index (χ0v) is 11.5. The maximum Gasteiger partial charge on any atom is 0.131 e. The van der Waals surface area contributed by atoms with Crippen molar-refractivity contribution < 1.29 is 4.79 Å². The number of carbonyl (C=O) groups is 1. The number of rotatable bonds is 3. The minimum absolute atomic E-state index is 0.410. The van der Waals surface area contributed by atoms with Crippen molar-refractivity contribution in [2.24, 2.45) is 0 Å². The highest BCUT2D eigenvalue weighted by atomic mass is 35.5. The molecule has 0 aliphatic heterocycles. The quantitative estimate of drug-likeness (QED) is 0.731. The molecule has 0 bridgehead atoms. The summed E-state index contributed by atoms with van der Waals surface area (Å²) in [6.07, 6.45) is 0.859. The molecule has 4 heteroatoms. The number of halogens is 3. The second-order valence-corrected chi connectivity index (χ2v) is 5.11. The van der Waals surface area contributed by atoms with E-state index in [0.29, 0.717) is 15.1 Å². The first kappa shape index (κ1) is 13.4. The van der Waals surface area contributed by atoms with Crippen molar-refractivity contribution in [1.82, 2.24) is 0 Å². The number of hydrogen-bond acceptors (Lipinski definition) is 1. The minimum atomic E-state index is -0.410. The van der Waals surface area contributed by atoms with Crippen LogP contribution in [0, 0.1) is 0 Å². The molecule has 2 rings (SSSR count). The molecular formula is C14H9Cl3O. The fourth-order valence-corrected chi connectivity index (χ4v) is 2.41. The van der Waals surface area contributed by atoms with Crippen molar-refractivity contribution >= 4 is 41.1 Å². The van der Waals surface area contributed by atoms with Gasteiger partial charge < -0.3 is 4.79 Å². The first-order valence-electron chi connectivity index (χ1n) is 5.27. The van der Waals surface area contributed by atoms with Crippen molar-refractivity contribution in [3.8, 4) is 0 Å². The van der Waals surface area contributed by atoms with Crippen LogP contribution in [0.15, 0.2) is 42.5 Å². The van der Waals surface area contributed by atoms with Gasteiger partial charge in [0.2, 0.25) is 0 Å². The lowest BCUT2D eigenvalue weighted by Crippen LogP contribution is -2.03. The predicted molar refractivity (Wildman–Crippen MR) is 75.8 cm³/mol. The van der Waals surface area contributed by atoms with E-state index in [4.69, 9.17) is 34.8 Å². The lowest BCUT2D eigenvalue weighted by molar-refractivity contribution is -0.108. The molecule has 0 saturated carbocycles. The summed E-state index contributed by atoms with van der Waals surface area (Å²) >= 11 is 17.8. The number of aldehydes is 1. The molecule has 0 saturated heterocycles. The van der Waals surface area contributed by atoms with Gasteiger partial charge in [0.15, 0.2) is 0 Å². The van der Waals surface area contributed by atoms with E-state index in [1.807, 2.05) is 12.1 Å². The molecular weight excluding hydrogens is 291 g/mol. The molecule has 0 N–H and O–H groups in total. The molecule has 2 aromatic rings. The molecule has 92 valence electrons. The van der Waals surface area contributed by atoms with Crippen molar-refractivity contribution in [3.05, 3.63) is 68.7 Å². The van der Waals surface area contributed by atoms with Crippen molar-refractivity contribution in [1.29, 1.82) is 0 Å². The second kappa shape index (κ2) is 5.75. The molecule has 0 spiro atoms. The van der Waals surface area contributed by atoms with Crippen LogP contribution in [0.1, 0.15) is 17.0 Å². The van der Waals surface area contributed by atoms with Gasteiger partial charge in [-0.05, 0) is 35.4 Å². The smallest absolute Gasteiger partial charge is 0.131 e. The van der Waals surface area contributed by atoms with Gasteiger partial charge >= 0.3 is 0 Å². The third kappa shape index (κ3) is 2.86. The highest BCUT2D eigenvalue weighted by molar-refractivity contribution is 6.35. The maximum atomic E-state index is 11.3. The summed E-state index contributed by atoms with van der Waals surface area (Å²) in [5, 5.41) is 1.66. The monoisotopic (exact) mass is 298 g/mol. The maximum absolute atomic E-state index is 11.3. The van der Waals surface area contributed by atoms with E-state index in [1.165, 1.54) is 0 Å². The Balaban J connectivity index is 2.45. The molecule has 0 radical (unpaired) electrons.